The average molecular weight is 419 g/mol. The Labute approximate surface area is 180 Å². The van der Waals surface area contributed by atoms with E-state index in [1.807, 2.05) is 30.3 Å². The number of rotatable bonds is 3. The Hall–Kier alpha value is -3.06. The first-order valence-corrected chi connectivity index (χ1v) is 11.0. The third kappa shape index (κ3) is 3.43. The smallest absolute Gasteiger partial charge is 0.298 e. The molecule has 1 N–H and O–H groups in total. The van der Waals surface area contributed by atoms with Gasteiger partial charge in [-0.25, -0.2) is 0 Å². The third-order valence-corrected chi connectivity index (χ3v) is 6.72. The van der Waals surface area contributed by atoms with Crippen LogP contribution in [0.15, 0.2) is 40.8 Å². The Balaban J connectivity index is 1.17. The van der Waals surface area contributed by atoms with Gasteiger partial charge >= 0.3 is 0 Å². The van der Waals surface area contributed by atoms with Crippen molar-refractivity contribution in [2.75, 3.05) is 36.5 Å². The molecule has 4 heterocycles. The lowest BCUT2D eigenvalue weighted by atomic mass is 9.89. The van der Waals surface area contributed by atoms with Crippen molar-refractivity contribution in [2.24, 2.45) is 0 Å². The first kappa shape index (κ1) is 18.7. The summed E-state index contributed by atoms with van der Waals surface area (Å²) in [5.41, 5.74) is 3.94. The van der Waals surface area contributed by atoms with Crippen LogP contribution in [0, 0.1) is 0 Å². The molecule has 1 spiro atoms. The molecule has 0 bridgehead atoms. The molecule has 6 rings (SSSR count). The van der Waals surface area contributed by atoms with Crippen molar-refractivity contribution in [1.29, 1.82) is 0 Å². The van der Waals surface area contributed by atoms with Crippen LogP contribution in [0.3, 0.4) is 0 Å². The van der Waals surface area contributed by atoms with Gasteiger partial charge in [0.25, 0.3) is 11.9 Å². The summed E-state index contributed by atoms with van der Waals surface area (Å²) in [4.78, 5) is 19.6. The van der Waals surface area contributed by atoms with Gasteiger partial charge in [0.2, 0.25) is 0 Å². The van der Waals surface area contributed by atoms with E-state index in [4.69, 9.17) is 13.9 Å². The number of oxazole rings is 1. The van der Waals surface area contributed by atoms with Gasteiger partial charge in [0.05, 0.1) is 12.2 Å². The summed E-state index contributed by atoms with van der Waals surface area (Å²) < 4.78 is 17.5. The minimum absolute atomic E-state index is 0.0731. The van der Waals surface area contributed by atoms with Crippen LogP contribution in [-0.2, 0) is 11.2 Å². The van der Waals surface area contributed by atoms with Crippen molar-refractivity contribution in [3.05, 3.63) is 47.5 Å². The van der Waals surface area contributed by atoms with Crippen molar-refractivity contribution >= 4 is 28.7 Å². The molecule has 1 amide bonds. The van der Waals surface area contributed by atoms with E-state index in [1.54, 1.807) is 6.07 Å². The number of carbonyl (C=O) groups excluding carboxylic acids is 1. The van der Waals surface area contributed by atoms with Crippen LogP contribution in [-0.4, -0.2) is 42.8 Å². The summed E-state index contributed by atoms with van der Waals surface area (Å²) in [6, 6.07) is 11.8. The van der Waals surface area contributed by atoms with Gasteiger partial charge in [0.1, 0.15) is 11.3 Å². The number of aromatic nitrogens is 1. The number of nitrogens with one attached hydrogen (secondary N) is 1. The highest BCUT2D eigenvalue weighted by Gasteiger charge is 2.39. The molecule has 3 aromatic rings. The number of nitrogens with zero attached hydrogens (tertiary/aromatic N) is 2. The highest BCUT2D eigenvalue weighted by Crippen LogP contribution is 2.37. The fourth-order valence-corrected chi connectivity index (χ4v) is 4.91. The first-order chi connectivity index (χ1) is 15.2. The summed E-state index contributed by atoms with van der Waals surface area (Å²) in [5.74, 6) is 0.729. The number of carbonyl (C=O) groups is 1. The van der Waals surface area contributed by atoms with Crippen LogP contribution in [0.5, 0.6) is 5.75 Å². The summed E-state index contributed by atoms with van der Waals surface area (Å²) >= 11 is 0. The van der Waals surface area contributed by atoms with Crippen molar-refractivity contribution in [3.63, 3.8) is 0 Å². The van der Waals surface area contributed by atoms with Gasteiger partial charge < -0.3 is 24.1 Å². The maximum atomic E-state index is 12.7. The van der Waals surface area contributed by atoms with Crippen molar-refractivity contribution < 1.29 is 18.7 Å². The lowest BCUT2D eigenvalue weighted by Gasteiger charge is -2.37. The number of anilines is 2. The van der Waals surface area contributed by atoms with Crippen LogP contribution in [0.1, 0.15) is 41.6 Å². The zero-order valence-electron chi connectivity index (χ0n) is 17.4. The Kier molecular flexibility index (Phi) is 4.38. The summed E-state index contributed by atoms with van der Waals surface area (Å²) in [5, 5.41) is 2.97. The van der Waals surface area contributed by atoms with Gasteiger partial charge in [0.15, 0.2) is 5.58 Å². The molecule has 31 heavy (non-hydrogen) atoms. The van der Waals surface area contributed by atoms with E-state index in [2.05, 4.69) is 15.2 Å². The molecule has 0 aliphatic carbocycles. The standard InChI is InChI=1S/C24H25N3O4/c28-22(17-2-4-20-16(14-17)6-13-29-20)25-18-3-5-21-19(15-18)26-23(31-21)27-10-8-24(9-11-27)7-1-12-30-24/h2-5,14-15H,1,6-13H2,(H,25,28). The van der Waals surface area contributed by atoms with E-state index < -0.39 is 0 Å². The van der Waals surface area contributed by atoms with Crippen LogP contribution >= 0.6 is 0 Å². The molecule has 2 aromatic carbocycles. The summed E-state index contributed by atoms with van der Waals surface area (Å²) in [6.07, 6.45) is 5.19. The molecule has 3 aliphatic rings. The van der Waals surface area contributed by atoms with Crippen LogP contribution in [0.25, 0.3) is 11.1 Å². The topological polar surface area (TPSA) is 76.8 Å². The number of ether oxygens (including phenoxy) is 2. The normalized spacial score (nSPS) is 19.5. The van der Waals surface area contributed by atoms with Crippen LogP contribution in [0.4, 0.5) is 11.7 Å². The molecule has 7 heteroatoms. The molecule has 0 radical (unpaired) electrons. The second-order valence-electron chi connectivity index (χ2n) is 8.68. The van der Waals surface area contributed by atoms with Crippen LogP contribution < -0.4 is 15.0 Å². The van der Waals surface area contributed by atoms with Gasteiger partial charge in [-0.2, -0.15) is 4.98 Å². The number of benzene rings is 2. The number of fused-ring (bicyclic) bond motifs is 2. The number of hydrogen-bond donors (Lipinski definition) is 1. The number of amides is 1. The fraction of sp³-hybridized carbons (Fsp3) is 0.417. The second-order valence-corrected chi connectivity index (χ2v) is 8.68. The van der Waals surface area contributed by atoms with Gasteiger partial charge in [-0.1, -0.05) is 0 Å². The highest BCUT2D eigenvalue weighted by molar-refractivity contribution is 6.05. The zero-order chi connectivity index (χ0) is 20.8. The van der Waals surface area contributed by atoms with E-state index >= 15 is 0 Å². The van der Waals surface area contributed by atoms with Crippen molar-refractivity contribution in [2.45, 2.75) is 37.7 Å². The molecule has 2 saturated heterocycles. The summed E-state index contributed by atoms with van der Waals surface area (Å²) in [7, 11) is 0. The number of piperidine rings is 1. The average Bonchev–Trinajstić information content (AvgIpc) is 3.53. The van der Waals surface area contributed by atoms with E-state index in [0.717, 1.165) is 74.2 Å². The molecule has 160 valence electrons. The third-order valence-electron chi connectivity index (χ3n) is 6.72. The first-order valence-electron chi connectivity index (χ1n) is 11.0. The minimum Gasteiger partial charge on any atom is -0.493 e. The van der Waals surface area contributed by atoms with E-state index in [9.17, 15) is 4.79 Å². The van der Waals surface area contributed by atoms with Gasteiger partial charge in [-0.15, -0.1) is 0 Å². The Morgan fingerprint density at radius 3 is 2.81 bits per heavy atom. The van der Waals surface area contributed by atoms with E-state index in [1.165, 1.54) is 0 Å². The molecule has 1 aromatic heterocycles. The maximum absolute atomic E-state index is 12.7. The number of hydrogen-bond acceptors (Lipinski definition) is 6. The molecule has 0 saturated carbocycles. The second kappa shape index (κ2) is 7.27. The molecule has 0 atom stereocenters. The van der Waals surface area contributed by atoms with Gasteiger partial charge in [0, 0.05) is 37.4 Å². The molecule has 7 nitrogen and oxygen atoms in total. The summed E-state index contributed by atoms with van der Waals surface area (Å²) in [6.45, 7) is 3.34. The van der Waals surface area contributed by atoms with Crippen molar-refractivity contribution in [3.8, 4) is 5.75 Å². The molecular formula is C24H25N3O4. The molecule has 3 aliphatic heterocycles. The Morgan fingerprint density at radius 2 is 1.97 bits per heavy atom. The lowest BCUT2D eigenvalue weighted by molar-refractivity contribution is -0.0151. The van der Waals surface area contributed by atoms with Gasteiger partial charge in [-0.3, -0.25) is 4.79 Å². The predicted octanol–water partition coefficient (Wildman–Crippen LogP) is 4.16. The zero-order valence-corrected chi connectivity index (χ0v) is 17.4. The van der Waals surface area contributed by atoms with Gasteiger partial charge in [-0.05, 0) is 67.6 Å². The Bertz CT molecular complexity index is 1140. The lowest BCUT2D eigenvalue weighted by Crippen LogP contribution is -2.44. The van der Waals surface area contributed by atoms with E-state index in [0.29, 0.717) is 23.9 Å². The highest BCUT2D eigenvalue weighted by atomic mass is 16.5. The molecule has 2 fully saturated rings. The molecule has 0 unspecified atom stereocenters. The largest absolute Gasteiger partial charge is 0.493 e. The predicted molar refractivity (Wildman–Crippen MR) is 117 cm³/mol. The monoisotopic (exact) mass is 419 g/mol. The van der Waals surface area contributed by atoms with Crippen LogP contribution in [0.2, 0.25) is 0 Å². The minimum atomic E-state index is -0.143. The fourth-order valence-electron chi connectivity index (χ4n) is 4.91. The maximum Gasteiger partial charge on any atom is 0.298 e. The van der Waals surface area contributed by atoms with E-state index in [-0.39, 0.29) is 11.5 Å². The molecular weight excluding hydrogens is 394 g/mol. The van der Waals surface area contributed by atoms with Crippen molar-refractivity contribution in [1.82, 2.24) is 4.98 Å². The SMILES string of the molecule is O=C(Nc1ccc2oc(N3CCC4(CCCO4)CC3)nc2c1)c1ccc2c(c1)CCO2. The quantitative estimate of drug-likeness (QED) is 0.687. The Morgan fingerprint density at radius 1 is 1.06 bits per heavy atom.